The van der Waals surface area contributed by atoms with Gasteiger partial charge in [0.15, 0.2) is 5.16 Å². The van der Waals surface area contributed by atoms with Gasteiger partial charge < -0.3 is 4.74 Å². The molecule has 0 aliphatic rings. The fourth-order valence-electron chi connectivity index (χ4n) is 2.49. The summed E-state index contributed by atoms with van der Waals surface area (Å²) in [7, 11) is 1.70. The first-order chi connectivity index (χ1) is 11.2. The molecule has 23 heavy (non-hydrogen) atoms. The number of hydrogen-bond acceptors (Lipinski definition) is 4. The molecule has 0 bridgehead atoms. The monoisotopic (exact) mass is 325 g/mol. The number of methoxy groups -OCH3 is 1. The minimum atomic E-state index is 0.786. The lowest BCUT2D eigenvalue weighted by molar-refractivity contribution is 0.411. The molecule has 0 N–H and O–H groups in total. The van der Waals surface area contributed by atoms with Crippen LogP contribution in [0.2, 0.25) is 0 Å². The summed E-state index contributed by atoms with van der Waals surface area (Å²) in [6.45, 7) is 4.08. The van der Waals surface area contributed by atoms with Crippen molar-refractivity contribution in [3.05, 3.63) is 65.5 Å². The van der Waals surface area contributed by atoms with Crippen LogP contribution in [0.15, 0.2) is 53.7 Å². The number of para-hydroxylation sites is 2. The van der Waals surface area contributed by atoms with E-state index in [9.17, 15) is 0 Å². The van der Waals surface area contributed by atoms with Crippen LogP contribution in [-0.2, 0) is 5.75 Å². The first-order valence-corrected chi connectivity index (χ1v) is 8.42. The van der Waals surface area contributed by atoms with Crippen LogP contribution in [0.1, 0.15) is 17.0 Å². The van der Waals surface area contributed by atoms with Gasteiger partial charge in [0.05, 0.1) is 12.8 Å². The zero-order chi connectivity index (χ0) is 16.2. The Labute approximate surface area is 140 Å². The van der Waals surface area contributed by atoms with Crippen molar-refractivity contribution in [3.63, 3.8) is 0 Å². The quantitative estimate of drug-likeness (QED) is 0.660. The lowest BCUT2D eigenvalue weighted by Crippen LogP contribution is -2.01. The highest BCUT2D eigenvalue weighted by molar-refractivity contribution is 7.98. The van der Waals surface area contributed by atoms with Crippen LogP contribution in [0.4, 0.5) is 0 Å². The number of hydrogen-bond donors (Lipinski definition) is 0. The van der Waals surface area contributed by atoms with Crippen LogP contribution in [0.5, 0.6) is 5.75 Å². The molecule has 4 nitrogen and oxygen atoms in total. The highest BCUT2D eigenvalue weighted by Gasteiger charge is 2.14. The predicted octanol–water partition coefficient (Wildman–Crippen LogP) is 4.19. The van der Waals surface area contributed by atoms with Crippen LogP contribution in [0.25, 0.3) is 5.69 Å². The van der Waals surface area contributed by atoms with E-state index >= 15 is 0 Å². The molecule has 0 aliphatic carbocycles. The average molecular weight is 325 g/mol. The zero-order valence-corrected chi connectivity index (χ0v) is 14.3. The second-order valence-electron chi connectivity index (χ2n) is 5.25. The number of nitrogens with zero attached hydrogens (tertiary/aromatic N) is 3. The van der Waals surface area contributed by atoms with E-state index in [0.717, 1.165) is 33.7 Å². The number of benzene rings is 2. The van der Waals surface area contributed by atoms with E-state index in [-0.39, 0.29) is 0 Å². The van der Waals surface area contributed by atoms with Gasteiger partial charge in [0, 0.05) is 11.3 Å². The van der Waals surface area contributed by atoms with Crippen LogP contribution in [-0.4, -0.2) is 21.9 Å². The van der Waals surface area contributed by atoms with Crippen molar-refractivity contribution in [1.29, 1.82) is 0 Å². The molecule has 0 spiro atoms. The third kappa shape index (κ3) is 3.24. The molecule has 3 aromatic rings. The standard InChI is InChI=1S/C18H19N3OS/c1-13-8-4-6-10-16(13)21-14(2)19-20-18(21)23-12-15-9-5-7-11-17(15)22-3/h4-11H,12H2,1-3H3. The van der Waals surface area contributed by atoms with E-state index in [4.69, 9.17) is 4.74 Å². The Morgan fingerprint density at radius 1 is 1.00 bits per heavy atom. The van der Waals surface area contributed by atoms with E-state index in [1.165, 1.54) is 5.56 Å². The van der Waals surface area contributed by atoms with Crippen molar-refractivity contribution in [2.45, 2.75) is 24.8 Å². The Balaban J connectivity index is 1.89. The van der Waals surface area contributed by atoms with Crippen molar-refractivity contribution >= 4 is 11.8 Å². The van der Waals surface area contributed by atoms with Gasteiger partial charge in [-0.2, -0.15) is 0 Å². The minimum Gasteiger partial charge on any atom is -0.496 e. The Kier molecular flexibility index (Phi) is 4.67. The van der Waals surface area contributed by atoms with E-state index in [1.807, 2.05) is 37.3 Å². The van der Waals surface area contributed by atoms with E-state index in [0.29, 0.717) is 0 Å². The molecule has 5 heteroatoms. The van der Waals surface area contributed by atoms with Gasteiger partial charge in [0.2, 0.25) is 0 Å². The Bertz CT molecular complexity index is 814. The molecule has 0 aliphatic heterocycles. The zero-order valence-electron chi connectivity index (χ0n) is 13.5. The maximum Gasteiger partial charge on any atom is 0.196 e. The van der Waals surface area contributed by atoms with E-state index < -0.39 is 0 Å². The van der Waals surface area contributed by atoms with Crippen LogP contribution < -0.4 is 4.74 Å². The normalized spacial score (nSPS) is 10.7. The van der Waals surface area contributed by atoms with Crippen molar-refractivity contribution in [3.8, 4) is 11.4 Å². The Hall–Kier alpha value is -2.27. The average Bonchev–Trinajstić information content (AvgIpc) is 2.94. The maximum absolute atomic E-state index is 5.42. The SMILES string of the molecule is COc1ccccc1CSc1nnc(C)n1-c1ccccc1C. The summed E-state index contributed by atoms with van der Waals surface area (Å²) in [5, 5.41) is 9.48. The van der Waals surface area contributed by atoms with Crippen LogP contribution in [0.3, 0.4) is 0 Å². The minimum absolute atomic E-state index is 0.786. The van der Waals surface area contributed by atoms with Crippen LogP contribution in [0, 0.1) is 13.8 Å². The smallest absolute Gasteiger partial charge is 0.196 e. The fraction of sp³-hybridized carbons (Fsp3) is 0.222. The highest BCUT2D eigenvalue weighted by atomic mass is 32.2. The van der Waals surface area contributed by atoms with Crippen molar-refractivity contribution in [2.75, 3.05) is 7.11 Å². The molecule has 118 valence electrons. The number of ether oxygens (including phenoxy) is 1. The first-order valence-electron chi connectivity index (χ1n) is 7.43. The number of aryl methyl sites for hydroxylation is 2. The number of aromatic nitrogens is 3. The lowest BCUT2D eigenvalue weighted by atomic mass is 10.2. The summed E-state index contributed by atoms with van der Waals surface area (Å²) in [5.74, 6) is 2.58. The molecule has 1 aromatic heterocycles. The van der Waals surface area contributed by atoms with Gasteiger partial charge in [-0.1, -0.05) is 48.2 Å². The molecule has 0 amide bonds. The van der Waals surface area contributed by atoms with Gasteiger partial charge in [-0.25, -0.2) is 0 Å². The van der Waals surface area contributed by atoms with E-state index in [1.54, 1.807) is 18.9 Å². The molecule has 0 radical (unpaired) electrons. The topological polar surface area (TPSA) is 39.9 Å². The summed E-state index contributed by atoms with van der Waals surface area (Å²) < 4.78 is 7.52. The molecule has 0 saturated heterocycles. The molecule has 3 rings (SSSR count). The molecular formula is C18H19N3OS. The number of rotatable bonds is 5. The van der Waals surface area contributed by atoms with Gasteiger partial charge >= 0.3 is 0 Å². The summed E-state index contributed by atoms with van der Waals surface area (Å²) in [6.07, 6.45) is 0. The highest BCUT2D eigenvalue weighted by Crippen LogP contribution is 2.29. The first kappa shape index (κ1) is 15.6. The summed E-state index contributed by atoms with van der Waals surface area (Å²) in [4.78, 5) is 0. The molecular weight excluding hydrogens is 306 g/mol. The van der Waals surface area contributed by atoms with Gasteiger partial charge in [-0.3, -0.25) is 4.57 Å². The second kappa shape index (κ2) is 6.87. The largest absolute Gasteiger partial charge is 0.496 e. The van der Waals surface area contributed by atoms with Crippen molar-refractivity contribution in [2.24, 2.45) is 0 Å². The molecule has 0 atom stereocenters. The fourth-order valence-corrected chi connectivity index (χ4v) is 3.47. The van der Waals surface area contributed by atoms with Gasteiger partial charge in [0.25, 0.3) is 0 Å². The van der Waals surface area contributed by atoms with Gasteiger partial charge in [-0.05, 0) is 31.5 Å². The van der Waals surface area contributed by atoms with Crippen molar-refractivity contribution < 1.29 is 4.74 Å². The number of thioether (sulfide) groups is 1. The summed E-state index contributed by atoms with van der Waals surface area (Å²) in [6, 6.07) is 16.3. The molecule has 0 saturated carbocycles. The summed E-state index contributed by atoms with van der Waals surface area (Å²) >= 11 is 1.66. The van der Waals surface area contributed by atoms with Gasteiger partial charge in [0.1, 0.15) is 11.6 Å². The third-order valence-electron chi connectivity index (χ3n) is 3.70. The Morgan fingerprint density at radius 2 is 1.74 bits per heavy atom. The van der Waals surface area contributed by atoms with Crippen molar-refractivity contribution in [1.82, 2.24) is 14.8 Å². The van der Waals surface area contributed by atoms with Crippen LogP contribution >= 0.6 is 11.8 Å². The third-order valence-corrected chi connectivity index (χ3v) is 4.68. The maximum atomic E-state index is 5.42. The molecule has 1 heterocycles. The molecule has 2 aromatic carbocycles. The Morgan fingerprint density at radius 3 is 2.52 bits per heavy atom. The second-order valence-corrected chi connectivity index (χ2v) is 6.19. The summed E-state index contributed by atoms with van der Waals surface area (Å²) in [5.41, 5.74) is 3.48. The molecule has 0 unspecified atom stereocenters. The molecule has 0 fully saturated rings. The van der Waals surface area contributed by atoms with Gasteiger partial charge in [-0.15, -0.1) is 10.2 Å². The predicted molar refractivity (Wildman–Crippen MR) is 93.4 cm³/mol. The lowest BCUT2D eigenvalue weighted by Gasteiger charge is -2.12. The van der Waals surface area contributed by atoms with E-state index in [2.05, 4.69) is 39.9 Å².